The summed E-state index contributed by atoms with van der Waals surface area (Å²) in [6, 6.07) is 5.55. The zero-order valence-corrected chi connectivity index (χ0v) is 31.0. The number of nitrogens with zero attached hydrogens (tertiary/aromatic N) is 4. The van der Waals surface area contributed by atoms with Gasteiger partial charge in [0.2, 0.25) is 0 Å². The number of aromatic nitrogens is 2. The van der Waals surface area contributed by atoms with Gasteiger partial charge in [-0.05, 0) is 99.2 Å². The van der Waals surface area contributed by atoms with Crippen molar-refractivity contribution in [2.45, 2.75) is 70.3 Å². The van der Waals surface area contributed by atoms with Crippen molar-refractivity contribution in [3.8, 4) is 22.9 Å². The topological polar surface area (TPSA) is 139 Å². The minimum Gasteiger partial charge on any atom is -0.468 e. The van der Waals surface area contributed by atoms with Crippen molar-refractivity contribution in [2.75, 3.05) is 52.2 Å². The molecule has 3 heterocycles. The van der Waals surface area contributed by atoms with E-state index >= 15 is 8.78 Å². The maximum absolute atomic E-state index is 17.6. The minimum atomic E-state index is -4.78. The van der Waals surface area contributed by atoms with Crippen LogP contribution in [0.3, 0.4) is 0 Å². The Hall–Kier alpha value is -5.03. The molecule has 12 nitrogen and oxygen atoms in total. The van der Waals surface area contributed by atoms with E-state index in [9.17, 15) is 22.8 Å². The molecule has 4 aromatic rings. The van der Waals surface area contributed by atoms with Gasteiger partial charge in [0.05, 0.1) is 24.8 Å². The van der Waals surface area contributed by atoms with Crippen LogP contribution < -0.4 is 20.1 Å². The molecular weight excluding hydrogens is 733 g/mol. The molecule has 2 aliphatic rings. The van der Waals surface area contributed by atoms with E-state index in [1.165, 1.54) is 31.4 Å². The van der Waals surface area contributed by atoms with Gasteiger partial charge < -0.3 is 34.3 Å². The quantitative estimate of drug-likeness (QED) is 0.0966. The summed E-state index contributed by atoms with van der Waals surface area (Å²) in [7, 11) is 2.51. The van der Waals surface area contributed by atoms with Gasteiger partial charge in [0.25, 0.3) is 0 Å². The maximum Gasteiger partial charge on any atom is 0.422 e. The van der Waals surface area contributed by atoms with Crippen molar-refractivity contribution in [3.63, 3.8) is 0 Å². The third-order valence-corrected chi connectivity index (χ3v) is 9.43. The maximum atomic E-state index is 17.6. The fraction of sp³-hybridized carbons (Fsp3) is 0.474. The Kier molecular flexibility index (Phi) is 11.3. The highest BCUT2D eigenvalue weighted by Gasteiger charge is 2.45. The lowest BCUT2D eigenvalue weighted by atomic mass is 9.88. The minimum absolute atomic E-state index is 0.0183. The first-order chi connectivity index (χ1) is 26.0. The number of benzene rings is 3. The first-order valence-electron chi connectivity index (χ1n) is 17.7. The van der Waals surface area contributed by atoms with E-state index in [4.69, 9.17) is 29.4 Å². The summed E-state index contributed by atoms with van der Waals surface area (Å²) in [4.78, 5) is 38.6. The zero-order chi connectivity index (χ0) is 39.8. The second-order valence-corrected chi connectivity index (χ2v) is 14.5. The SMILES string of the molecule is COCOc1cc(-c2c(C(=O)OC)cc3c(N4C[C@H]5CC[C@@H](C4)N5C(=O)OC(C)(C)C)nc(OCC(F)(F)F)nc3c2F)c2c(CCCN)c(F)ccc2c1. The molecule has 0 unspecified atom stereocenters. The second kappa shape index (κ2) is 15.6. The number of methoxy groups -OCH3 is 2. The number of fused-ring (bicyclic) bond motifs is 4. The van der Waals surface area contributed by atoms with Crippen molar-refractivity contribution in [1.82, 2.24) is 14.9 Å². The van der Waals surface area contributed by atoms with Crippen LogP contribution in [0.15, 0.2) is 30.3 Å². The van der Waals surface area contributed by atoms with Gasteiger partial charge in [0.15, 0.2) is 19.2 Å². The van der Waals surface area contributed by atoms with E-state index in [2.05, 4.69) is 9.97 Å². The molecule has 2 bridgehead atoms. The second-order valence-electron chi connectivity index (χ2n) is 14.5. The largest absolute Gasteiger partial charge is 0.468 e. The molecule has 1 aromatic heterocycles. The number of carbonyl (C=O) groups excluding carboxylic acids is 2. The van der Waals surface area contributed by atoms with Gasteiger partial charge in [0.1, 0.15) is 28.5 Å². The fourth-order valence-electron chi connectivity index (χ4n) is 7.28. The normalized spacial score (nSPS) is 17.2. The number of amides is 1. The summed E-state index contributed by atoms with van der Waals surface area (Å²) in [6.07, 6.45) is -3.54. The number of piperazine rings is 1. The van der Waals surface area contributed by atoms with Crippen LogP contribution in [0.2, 0.25) is 0 Å². The molecule has 2 atom stereocenters. The van der Waals surface area contributed by atoms with E-state index in [0.29, 0.717) is 24.6 Å². The van der Waals surface area contributed by atoms with E-state index in [1.54, 1.807) is 36.6 Å². The first kappa shape index (κ1) is 39.7. The monoisotopic (exact) mass is 775 g/mol. The molecule has 1 amide bonds. The Morgan fingerprint density at radius 1 is 0.982 bits per heavy atom. The summed E-state index contributed by atoms with van der Waals surface area (Å²) in [5.74, 6) is -2.53. The Balaban J connectivity index is 1.60. The van der Waals surface area contributed by atoms with Crippen LogP contribution in [0.1, 0.15) is 56.0 Å². The van der Waals surface area contributed by atoms with Gasteiger partial charge in [-0.2, -0.15) is 23.1 Å². The number of rotatable bonds is 11. The van der Waals surface area contributed by atoms with Crippen LogP contribution in [-0.4, -0.2) is 98.0 Å². The lowest BCUT2D eigenvalue weighted by Crippen LogP contribution is -2.57. The van der Waals surface area contributed by atoms with Crippen LogP contribution >= 0.6 is 0 Å². The van der Waals surface area contributed by atoms with Gasteiger partial charge >= 0.3 is 24.2 Å². The van der Waals surface area contributed by atoms with Crippen LogP contribution in [-0.2, 0) is 20.6 Å². The number of hydrogen-bond acceptors (Lipinski definition) is 11. The number of alkyl halides is 3. The molecule has 17 heteroatoms. The molecular formula is C38H42F5N5O7. The molecule has 296 valence electrons. The van der Waals surface area contributed by atoms with Crippen molar-refractivity contribution in [1.29, 1.82) is 0 Å². The summed E-state index contributed by atoms with van der Waals surface area (Å²) in [5.41, 5.74) is 4.11. The Morgan fingerprint density at radius 2 is 1.69 bits per heavy atom. The molecule has 0 aliphatic carbocycles. The average molecular weight is 776 g/mol. The third kappa shape index (κ3) is 8.32. The van der Waals surface area contributed by atoms with E-state index in [1.807, 2.05) is 0 Å². The number of halogens is 5. The first-order valence-corrected chi connectivity index (χ1v) is 17.7. The van der Waals surface area contributed by atoms with Gasteiger partial charge in [-0.15, -0.1) is 0 Å². The summed E-state index contributed by atoms with van der Waals surface area (Å²) in [5, 5.41) is 0.652. The predicted molar refractivity (Wildman–Crippen MR) is 192 cm³/mol. The standard InChI is InChI=1S/C38H42F5N5O7/c1-37(2,3)55-36(50)48-21-9-10-22(48)17-47(16-21)33-27-15-26(34(49)52-5)30(31(40)32(27)45-35(46-33)53-18-38(41,42)43)25-14-23(54-19-51-4)13-20-8-11-28(39)24(29(20)25)7-6-12-44/h8,11,13-15,21-22H,6-7,9-10,12,16-19,44H2,1-5H3/t21-,22+. The molecule has 0 radical (unpaired) electrons. The van der Waals surface area contributed by atoms with E-state index in [-0.39, 0.29) is 89.5 Å². The highest BCUT2D eigenvalue weighted by Crippen LogP contribution is 2.44. The molecule has 2 fully saturated rings. The summed E-state index contributed by atoms with van der Waals surface area (Å²) < 4.78 is 99.9. The Labute approximate surface area is 313 Å². The number of aryl methyl sites for hydroxylation is 1. The molecule has 0 saturated carbocycles. The smallest absolute Gasteiger partial charge is 0.422 e. The van der Waals surface area contributed by atoms with Gasteiger partial charge in [-0.25, -0.2) is 18.4 Å². The summed E-state index contributed by atoms with van der Waals surface area (Å²) in [6.45, 7) is 3.84. The number of nitrogens with two attached hydrogens (primary N) is 1. The number of esters is 1. The number of carbonyl (C=O) groups is 2. The highest BCUT2D eigenvalue weighted by atomic mass is 19.4. The average Bonchev–Trinajstić information content (AvgIpc) is 3.40. The van der Waals surface area contributed by atoms with Crippen molar-refractivity contribution in [2.24, 2.45) is 5.73 Å². The van der Waals surface area contributed by atoms with Crippen LogP contribution in [0.4, 0.5) is 32.6 Å². The Morgan fingerprint density at radius 3 is 2.31 bits per heavy atom. The molecule has 55 heavy (non-hydrogen) atoms. The molecule has 6 rings (SSSR count). The van der Waals surface area contributed by atoms with Crippen LogP contribution in [0, 0.1) is 11.6 Å². The van der Waals surface area contributed by atoms with Gasteiger partial charge in [-0.1, -0.05) is 6.07 Å². The number of hydrogen-bond donors (Lipinski definition) is 1. The van der Waals surface area contributed by atoms with Crippen molar-refractivity contribution in [3.05, 3.63) is 53.1 Å². The van der Waals surface area contributed by atoms with Crippen molar-refractivity contribution < 1.29 is 55.2 Å². The fourth-order valence-corrected chi connectivity index (χ4v) is 7.28. The molecule has 2 N–H and O–H groups in total. The number of ether oxygens (including phenoxy) is 5. The lowest BCUT2D eigenvalue weighted by molar-refractivity contribution is -0.154. The van der Waals surface area contributed by atoms with Crippen LogP contribution in [0.5, 0.6) is 11.8 Å². The lowest BCUT2D eigenvalue weighted by Gasteiger charge is -2.42. The zero-order valence-electron chi connectivity index (χ0n) is 31.0. The molecule has 3 aromatic carbocycles. The Bertz CT molecular complexity index is 2100. The summed E-state index contributed by atoms with van der Waals surface area (Å²) >= 11 is 0. The highest BCUT2D eigenvalue weighted by molar-refractivity contribution is 6.10. The molecule has 2 aliphatic heterocycles. The van der Waals surface area contributed by atoms with E-state index < -0.39 is 53.6 Å². The third-order valence-electron chi connectivity index (χ3n) is 9.43. The number of anilines is 1. The van der Waals surface area contributed by atoms with Gasteiger partial charge in [0, 0.05) is 31.1 Å². The van der Waals surface area contributed by atoms with Gasteiger partial charge in [-0.3, -0.25) is 4.90 Å². The molecule has 2 saturated heterocycles. The predicted octanol–water partition coefficient (Wildman–Crippen LogP) is 6.92. The van der Waals surface area contributed by atoms with E-state index in [0.717, 1.165) is 7.11 Å². The molecule has 0 spiro atoms. The van der Waals surface area contributed by atoms with Crippen molar-refractivity contribution >= 4 is 39.6 Å². The van der Waals surface area contributed by atoms with Crippen LogP contribution in [0.25, 0.3) is 32.8 Å².